The first-order valence-corrected chi connectivity index (χ1v) is 10.4. The second-order valence-electron chi connectivity index (χ2n) is 8.00. The van der Waals surface area contributed by atoms with E-state index in [4.69, 9.17) is 22.1 Å². The molecule has 0 spiro atoms. The molecular weight excluding hydrogens is 445 g/mol. The van der Waals surface area contributed by atoms with E-state index < -0.39 is 11.7 Å². The lowest BCUT2D eigenvalue weighted by Crippen LogP contribution is -2.28. The highest BCUT2D eigenvalue weighted by atomic mass is 35.5. The fraction of sp³-hybridized carbons (Fsp3) is 0.318. The van der Waals surface area contributed by atoms with Gasteiger partial charge in [0.2, 0.25) is 0 Å². The van der Waals surface area contributed by atoms with Gasteiger partial charge < -0.3 is 15.4 Å². The Bertz CT molecular complexity index is 1230. The largest absolute Gasteiger partial charge is 0.417 e. The zero-order valence-electron chi connectivity index (χ0n) is 16.7. The van der Waals surface area contributed by atoms with Gasteiger partial charge in [-0.25, -0.2) is 4.98 Å². The van der Waals surface area contributed by atoms with E-state index in [0.29, 0.717) is 55.3 Å². The second kappa shape index (κ2) is 7.60. The van der Waals surface area contributed by atoms with Crippen molar-refractivity contribution in [2.24, 2.45) is 0 Å². The fourth-order valence-corrected chi connectivity index (χ4v) is 4.57. The van der Waals surface area contributed by atoms with Crippen LogP contribution in [0.2, 0.25) is 5.02 Å². The number of rotatable bonds is 2. The predicted molar refractivity (Wildman–Crippen MR) is 112 cm³/mol. The minimum Gasteiger partial charge on any atom is -0.383 e. The monoisotopic (exact) mass is 462 g/mol. The van der Waals surface area contributed by atoms with Gasteiger partial charge in [-0.2, -0.15) is 13.2 Å². The summed E-state index contributed by atoms with van der Waals surface area (Å²) in [5, 5.41) is 1.05. The van der Waals surface area contributed by atoms with Crippen molar-refractivity contribution in [1.29, 1.82) is 0 Å². The molecule has 0 bridgehead atoms. The molecule has 1 aromatic carbocycles. The standard InChI is InChI=1S/C22H18ClF3N4O2/c23-17-6-19-13(15-9-32-10-16(15)20(27)29-19)5-14(17)21(31)30-4-3-11(8-30)18-2-1-12(7-28-18)22(24,25)26/h1-2,5-7,11H,3-4,8-10H2,(H2,27,29)/t11-/m1/s1. The Labute approximate surface area is 186 Å². The minimum atomic E-state index is -4.43. The van der Waals surface area contributed by atoms with Crippen LogP contribution in [0.1, 0.15) is 45.1 Å². The predicted octanol–water partition coefficient (Wildman–Crippen LogP) is 4.54. The number of carbonyl (C=O) groups is 1. The Morgan fingerprint density at radius 2 is 2.00 bits per heavy atom. The minimum absolute atomic E-state index is 0.139. The molecule has 1 fully saturated rings. The van der Waals surface area contributed by atoms with E-state index in [2.05, 4.69) is 9.97 Å². The number of hydrogen-bond donors (Lipinski definition) is 1. The van der Waals surface area contributed by atoms with Crippen molar-refractivity contribution in [2.45, 2.75) is 31.7 Å². The van der Waals surface area contributed by atoms with E-state index in [1.165, 1.54) is 6.07 Å². The van der Waals surface area contributed by atoms with E-state index >= 15 is 0 Å². The van der Waals surface area contributed by atoms with Crippen molar-refractivity contribution in [3.05, 3.63) is 63.4 Å². The van der Waals surface area contributed by atoms with Crippen LogP contribution in [0.5, 0.6) is 0 Å². The Morgan fingerprint density at radius 1 is 1.22 bits per heavy atom. The van der Waals surface area contributed by atoms with Crippen molar-refractivity contribution in [1.82, 2.24) is 14.9 Å². The maximum absolute atomic E-state index is 13.2. The van der Waals surface area contributed by atoms with Gasteiger partial charge in [0, 0.05) is 41.8 Å². The summed E-state index contributed by atoms with van der Waals surface area (Å²) in [7, 11) is 0. The Balaban J connectivity index is 1.40. The maximum atomic E-state index is 13.2. The Kier molecular flexibility index (Phi) is 4.98. The highest BCUT2D eigenvalue weighted by Crippen LogP contribution is 2.36. The summed E-state index contributed by atoms with van der Waals surface area (Å²) in [6, 6.07) is 5.76. The van der Waals surface area contributed by atoms with Gasteiger partial charge in [0.25, 0.3) is 5.91 Å². The van der Waals surface area contributed by atoms with E-state index in [9.17, 15) is 18.0 Å². The molecule has 10 heteroatoms. The van der Waals surface area contributed by atoms with Crippen LogP contribution in [0.25, 0.3) is 10.9 Å². The summed E-state index contributed by atoms with van der Waals surface area (Å²) >= 11 is 6.41. The quantitative estimate of drug-likeness (QED) is 0.604. The number of hydrogen-bond acceptors (Lipinski definition) is 5. The number of fused-ring (bicyclic) bond motifs is 3. The molecule has 32 heavy (non-hydrogen) atoms. The van der Waals surface area contributed by atoms with Gasteiger partial charge in [-0.15, -0.1) is 0 Å². The average molecular weight is 463 g/mol. The van der Waals surface area contributed by atoms with E-state index in [1.807, 2.05) is 0 Å². The lowest BCUT2D eigenvalue weighted by molar-refractivity contribution is -0.137. The molecule has 0 radical (unpaired) electrons. The van der Waals surface area contributed by atoms with Crippen LogP contribution >= 0.6 is 11.6 Å². The number of amides is 1. The van der Waals surface area contributed by atoms with Crippen molar-refractivity contribution >= 4 is 34.2 Å². The lowest BCUT2D eigenvalue weighted by atomic mass is 10.0. The third-order valence-electron chi connectivity index (χ3n) is 6.06. The summed E-state index contributed by atoms with van der Waals surface area (Å²) in [6.07, 6.45) is -2.99. The number of anilines is 1. The molecule has 1 atom stereocenters. The number of nitrogen functional groups attached to an aromatic ring is 1. The van der Waals surface area contributed by atoms with Crippen molar-refractivity contribution in [3.63, 3.8) is 0 Å². The number of aromatic nitrogens is 2. The third-order valence-corrected chi connectivity index (χ3v) is 6.37. The summed E-state index contributed by atoms with van der Waals surface area (Å²) in [5.41, 5.74) is 8.44. The number of pyridine rings is 2. The highest BCUT2D eigenvalue weighted by molar-refractivity contribution is 6.34. The normalized spacial score (nSPS) is 18.4. The van der Waals surface area contributed by atoms with Crippen molar-refractivity contribution in [3.8, 4) is 0 Å². The first-order valence-electron chi connectivity index (χ1n) is 10.0. The molecule has 0 unspecified atom stereocenters. The maximum Gasteiger partial charge on any atom is 0.417 e. The molecular formula is C22H18ClF3N4O2. The highest BCUT2D eigenvalue weighted by Gasteiger charge is 2.33. The van der Waals surface area contributed by atoms with Gasteiger partial charge >= 0.3 is 6.18 Å². The molecule has 0 saturated carbocycles. The summed E-state index contributed by atoms with van der Waals surface area (Å²) < 4.78 is 43.8. The van der Waals surface area contributed by atoms with Gasteiger partial charge in [-0.1, -0.05) is 11.6 Å². The van der Waals surface area contributed by atoms with Gasteiger partial charge in [-0.3, -0.25) is 9.78 Å². The molecule has 6 nitrogen and oxygen atoms in total. The topological polar surface area (TPSA) is 81.3 Å². The number of carbonyl (C=O) groups excluding carboxylic acids is 1. The number of likely N-dealkylation sites (tertiary alicyclic amines) is 1. The molecule has 3 aromatic rings. The number of benzene rings is 1. The summed E-state index contributed by atoms with van der Waals surface area (Å²) in [5.74, 6) is 0.0157. The van der Waals surface area contributed by atoms with Crippen LogP contribution in [0, 0.1) is 0 Å². The molecule has 0 aliphatic carbocycles. The molecule has 2 aromatic heterocycles. The van der Waals surface area contributed by atoms with Gasteiger partial charge in [0.05, 0.1) is 34.9 Å². The lowest BCUT2D eigenvalue weighted by Gasteiger charge is -2.18. The van der Waals surface area contributed by atoms with Crippen LogP contribution in [-0.2, 0) is 24.1 Å². The molecule has 2 aliphatic rings. The number of nitrogens with two attached hydrogens (primary N) is 1. The summed E-state index contributed by atoms with van der Waals surface area (Å²) in [6.45, 7) is 1.58. The third kappa shape index (κ3) is 3.55. The Morgan fingerprint density at radius 3 is 2.72 bits per heavy atom. The average Bonchev–Trinajstić information content (AvgIpc) is 3.43. The van der Waals surface area contributed by atoms with Crippen LogP contribution in [0.15, 0.2) is 30.5 Å². The number of alkyl halides is 3. The van der Waals surface area contributed by atoms with Crippen LogP contribution < -0.4 is 5.73 Å². The molecule has 2 aliphatic heterocycles. The first kappa shape index (κ1) is 21.0. The fourth-order valence-electron chi connectivity index (χ4n) is 4.33. The van der Waals surface area contributed by atoms with Gasteiger partial charge in [0.1, 0.15) is 5.82 Å². The van der Waals surface area contributed by atoms with E-state index in [-0.39, 0.29) is 16.8 Å². The van der Waals surface area contributed by atoms with Crippen molar-refractivity contribution in [2.75, 3.05) is 18.8 Å². The zero-order valence-corrected chi connectivity index (χ0v) is 17.5. The molecule has 5 rings (SSSR count). The molecule has 2 N–H and O–H groups in total. The van der Waals surface area contributed by atoms with E-state index in [0.717, 1.165) is 28.8 Å². The van der Waals surface area contributed by atoms with Crippen LogP contribution in [0.3, 0.4) is 0 Å². The van der Waals surface area contributed by atoms with Crippen LogP contribution in [-0.4, -0.2) is 33.9 Å². The number of nitrogens with zero attached hydrogens (tertiary/aromatic N) is 3. The summed E-state index contributed by atoms with van der Waals surface area (Å²) in [4.78, 5) is 23.3. The smallest absolute Gasteiger partial charge is 0.383 e. The van der Waals surface area contributed by atoms with Gasteiger partial charge in [0.15, 0.2) is 0 Å². The SMILES string of the molecule is Nc1nc2cc(Cl)c(C(=O)N3CC[C@@H](c4ccc(C(F)(F)F)cn4)C3)cc2c2c1COC2. The van der Waals surface area contributed by atoms with Crippen molar-refractivity contribution < 1.29 is 22.7 Å². The zero-order chi connectivity index (χ0) is 22.6. The number of halogens is 4. The molecule has 4 heterocycles. The first-order chi connectivity index (χ1) is 15.2. The molecule has 1 amide bonds. The number of ether oxygens (including phenoxy) is 1. The van der Waals surface area contributed by atoms with Crippen LogP contribution in [0.4, 0.5) is 19.0 Å². The molecule has 1 saturated heterocycles. The second-order valence-corrected chi connectivity index (χ2v) is 8.41. The van der Waals surface area contributed by atoms with Gasteiger partial charge in [-0.05, 0) is 36.2 Å². The molecule has 166 valence electrons. The van der Waals surface area contributed by atoms with E-state index in [1.54, 1.807) is 17.0 Å². The Hall–Kier alpha value is -2.91.